The third-order valence-corrected chi connectivity index (χ3v) is 3.00. The zero-order valence-corrected chi connectivity index (χ0v) is 11.1. The molecule has 6 nitrogen and oxygen atoms in total. The van der Waals surface area contributed by atoms with Gasteiger partial charge in [0.2, 0.25) is 11.7 Å². The highest BCUT2D eigenvalue weighted by Gasteiger charge is 2.17. The van der Waals surface area contributed by atoms with E-state index in [1.807, 2.05) is 49.6 Å². The van der Waals surface area contributed by atoms with Crippen molar-refractivity contribution in [2.75, 3.05) is 0 Å². The van der Waals surface area contributed by atoms with Crippen LogP contribution < -0.4 is 5.73 Å². The lowest BCUT2D eigenvalue weighted by Gasteiger charge is -2.05. The quantitative estimate of drug-likeness (QED) is 0.779. The normalized spacial score (nSPS) is 12.5. The van der Waals surface area contributed by atoms with Crippen molar-refractivity contribution in [3.05, 3.63) is 54.0 Å². The van der Waals surface area contributed by atoms with Gasteiger partial charge < -0.3 is 10.3 Å². The van der Waals surface area contributed by atoms with Gasteiger partial charge in [-0.1, -0.05) is 35.5 Å². The Kier molecular flexibility index (Phi) is 3.30. The molecule has 0 saturated heterocycles. The van der Waals surface area contributed by atoms with E-state index in [2.05, 4.69) is 15.2 Å². The summed E-state index contributed by atoms with van der Waals surface area (Å²) in [5.74, 6) is 0.888. The Bertz CT molecular complexity index is 688. The number of nitrogens with zero attached hydrogens (tertiary/aromatic N) is 4. The minimum atomic E-state index is -0.317. The lowest BCUT2D eigenvalue weighted by Crippen LogP contribution is -2.13. The van der Waals surface area contributed by atoms with E-state index >= 15 is 0 Å². The molecule has 0 aliphatic heterocycles. The molecule has 20 heavy (non-hydrogen) atoms. The molecule has 0 saturated carbocycles. The molecule has 3 aromatic rings. The first-order valence-electron chi connectivity index (χ1n) is 6.35. The van der Waals surface area contributed by atoms with Crippen LogP contribution in [0, 0.1) is 0 Å². The van der Waals surface area contributed by atoms with Crippen molar-refractivity contribution in [2.45, 2.75) is 12.5 Å². The van der Waals surface area contributed by atoms with Crippen molar-refractivity contribution in [1.82, 2.24) is 19.9 Å². The smallest absolute Gasteiger partial charge is 0.244 e. The largest absolute Gasteiger partial charge is 0.337 e. The van der Waals surface area contributed by atoms with Crippen molar-refractivity contribution in [1.29, 1.82) is 0 Å². The fraction of sp³-hybridized carbons (Fsp3) is 0.214. The van der Waals surface area contributed by atoms with Crippen LogP contribution in [-0.2, 0) is 13.5 Å². The standard InChI is InChI=1S/C14H15N5O/c1-19-8-7-12(17-19)13-16-14(20-18-13)11(15)9-10-5-3-2-4-6-10/h2-8,11H,9,15H2,1H3/t11-/m1/s1. The average molecular weight is 269 g/mol. The SMILES string of the molecule is Cn1ccc(-c2noc([C@H](N)Cc3ccccc3)n2)n1. The highest BCUT2D eigenvalue weighted by atomic mass is 16.5. The van der Waals surface area contributed by atoms with Crippen molar-refractivity contribution in [2.24, 2.45) is 12.8 Å². The molecule has 1 atom stereocenters. The molecule has 0 aliphatic rings. The van der Waals surface area contributed by atoms with E-state index < -0.39 is 0 Å². The number of hydrogen-bond donors (Lipinski definition) is 1. The van der Waals surface area contributed by atoms with Crippen LogP contribution in [-0.4, -0.2) is 19.9 Å². The number of benzene rings is 1. The molecule has 2 aromatic heterocycles. The predicted molar refractivity (Wildman–Crippen MR) is 73.6 cm³/mol. The lowest BCUT2D eigenvalue weighted by molar-refractivity contribution is 0.354. The summed E-state index contributed by atoms with van der Waals surface area (Å²) in [7, 11) is 1.84. The molecular formula is C14H15N5O. The van der Waals surface area contributed by atoms with E-state index in [1.54, 1.807) is 4.68 Å². The fourth-order valence-electron chi connectivity index (χ4n) is 1.98. The Morgan fingerprint density at radius 1 is 1.25 bits per heavy atom. The predicted octanol–water partition coefficient (Wildman–Crippen LogP) is 1.71. The van der Waals surface area contributed by atoms with Gasteiger partial charge in [0.25, 0.3) is 0 Å². The highest BCUT2D eigenvalue weighted by molar-refractivity contribution is 5.46. The Balaban J connectivity index is 1.76. The second kappa shape index (κ2) is 5.26. The molecule has 0 unspecified atom stereocenters. The zero-order valence-electron chi connectivity index (χ0n) is 11.1. The van der Waals surface area contributed by atoms with E-state index in [4.69, 9.17) is 10.3 Å². The molecule has 0 radical (unpaired) electrons. The minimum absolute atomic E-state index is 0.317. The first-order valence-corrected chi connectivity index (χ1v) is 6.35. The summed E-state index contributed by atoms with van der Waals surface area (Å²) in [6, 6.07) is 11.5. The Hall–Kier alpha value is -2.47. The summed E-state index contributed by atoms with van der Waals surface area (Å²) in [5, 5.41) is 8.15. The Morgan fingerprint density at radius 3 is 2.75 bits per heavy atom. The molecule has 0 amide bonds. The minimum Gasteiger partial charge on any atom is -0.337 e. The van der Waals surface area contributed by atoms with Gasteiger partial charge in [0.1, 0.15) is 5.69 Å². The summed E-state index contributed by atoms with van der Waals surface area (Å²) in [6.07, 6.45) is 2.49. The molecule has 2 heterocycles. The second-order valence-electron chi connectivity index (χ2n) is 4.63. The van der Waals surface area contributed by atoms with E-state index in [-0.39, 0.29) is 6.04 Å². The zero-order chi connectivity index (χ0) is 13.9. The van der Waals surface area contributed by atoms with Crippen LogP contribution in [0.4, 0.5) is 0 Å². The number of rotatable bonds is 4. The highest BCUT2D eigenvalue weighted by Crippen LogP contribution is 2.18. The summed E-state index contributed by atoms with van der Waals surface area (Å²) in [5.41, 5.74) is 7.91. The third-order valence-electron chi connectivity index (χ3n) is 3.00. The summed E-state index contributed by atoms with van der Waals surface area (Å²) in [4.78, 5) is 4.31. The first-order chi connectivity index (χ1) is 9.72. The second-order valence-corrected chi connectivity index (χ2v) is 4.63. The van der Waals surface area contributed by atoms with Gasteiger partial charge in [-0.05, 0) is 18.1 Å². The summed E-state index contributed by atoms with van der Waals surface area (Å²) >= 11 is 0. The number of aromatic nitrogens is 4. The molecular weight excluding hydrogens is 254 g/mol. The van der Waals surface area contributed by atoms with Gasteiger partial charge in [0, 0.05) is 13.2 Å². The van der Waals surface area contributed by atoms with Crippen LogP contribution >= 0.6 is 0 Å². The van der Waals surface area contributed by atoms with E-state index in [1.165, 1.54) is 0 Å². The van der Waals surface area contributed by atoms with Crippen molar-refractivity contribution < 1.29 is 4.52 Å². The van der Waals surface area contributed by atoms with Crippen LogP contribution in [0.3, 0.4) is 0 Å². The molecule has 2 N–H and O–H groups in total. The molecule has 0 bridgehead atoms. The molecule has 0 spiro atoms. The van der Waals surface area contributed by atoms with Gasteiger partial charge in [-0.15, -0.1) is 0 Å². The van der Waals surface area contributed by atoms with Gasteiger partial charge in [0.15, 0.2) is 0 Å². The van der Waals surface area contributed by atoms with Crippen LogP contribution in [0.25, 0.3) is 11.5 Å². The van der Waals surface area contributed by atoms with Gasteiger partial charge in [-0.3, -0.25) is 4.68 Å². The average Bonchev–Trinajstić information content (AvgIpc) is 3.08. The van der Waals surface area contributed by atoms with Gasteiger partial charge >= 0.3 is 0 Å². The van der Waals surface area contributed by atoms with Crippen LogP contribution in [0.5, 0.6) is 0 Å². The fourth-order valence-corrected chi connectivity index (χ4v) is 1.98. The van der Waals surface area contributed by atoms with Crippen LogP contribution in [0.2, 0.25) is 0 Å². The first kappa shape index (κ1) is 12.6. The topological polar surface area (TPSA) is 82.8 Å². The maximum Gasteiger partial charge on any atom is 0.244 e. The molecule has 6 heteroatoms. The van der Waals surface area contributed by atoms with Crippen molar-refractivity contribution in [3.63, 3.8) is 0 Å². The Labute approximate surface area is 116 Å². The van der Waals surface area contributed by atoms with E-state index in [9.17, 15) is 0 Å². The van der Waals surface area contributed by atoms with Crippen LogP contribution in [0.1, 0.15) is 17.5 Å². The van der Waals surface area contributed by atoms with Gasteiger partial charge in [-0.25, -0.2) is 0 Å². The molecule has 3 rings (SSSR count). The Morgan fingerprint density at radius 2 is 2.05 bits per heavy atom. The summed E-state index contributed by atoms with van der Waals surface area (Å²) in [6.45, 7) is 0. The maximum absolute atomic E-state index is 6.10. The van der Waals surface area contributed by atoms with E-state index in [0.29, 0.717) is 23.8 Å². The third kappa shape index (κ3) is 2.60. The van der Waals surface area contributed by atoms with E-state index in [0.717, 1.165) is 5.56 Å². The number of nitrogens with two attached hydrogens (primary N) is 1. The summed E-state index contributed by atoms with van der Waals surface area (Å²) < 4.78 is 6.92. The molecule has 102 valence electrons. The van der Waals surface area contributed by atoms with Crippen molar-refractivity contribution in [3.8, 4) is 11.5 Å². The lowest BCUT2D eigenvalue weighted by atomic mass is 10.1. The maximum atomic E-state index is 6.10. The van der Waals surface area contributed by atoms with Crippen LogP contribution in [0.15, 0.2) is 47.1 Å². The molecule has 0 aliphatic carbocycles. The monoisotopic (exact) mass is 269 g/mol. The number of hydrogen-bond acceptors (Lipinski definition) is 5. The van der Waals surface area contributed by atoms with Gasteiger partial charge in [-0.2, -0.15) is 10.1 Å². The molecule has 1 aromatic carbocycles. The van der Waals surface area contributed by atoms with Crippen molar-refractivity contribution >= 4 is 0 Å². The molecule has 0 fully saturated rings. The van der Waals surface area contributed by atoms with Gasteiger partial charge in [0.05, 0.1) is 6.04 Å². The number of aryl methyl sites for hydroxylation is 1.